The highest BCUT2D eigenvalue weighted by Crippen LogP contribution is 2.27. The van der Waals surface area contributed by atoms with E-state index in [1.54, 1.807) is 26.5 Å². The largest absolute Gasteiger partial charge is 0.493 e. The first-order valence-corrected chi connectivity index (χ1v) is 7.88. The molecule has 130 valence electrons. The Labute approximate surface area is 142 Å². The number of methoxy groups -OCH3 is 2. The van der Waals surface area contributed by atoms with Gasteiger partial charge in [0.05, 0.1) is 33.6 Å². The number of amides is 1. The summed E-state index contributed by atoms with van der Waals surface area (Å²) in [4.78, 5) is 14.1. The fourth-order valence-corrected chi connectivity index (χ4v) is 2.37. The summed E-state index contributed by atoms with van der Waals surface area (Å²) in [5, 5.41) is 2.86. The molecule has 0 unspecified atom stereocenters. The molecule has 0 aliphatic rings. The lowest BCUT2D eigenvalue weighted by molar-refractivity contribution is -0.122. The van der Waals surface area contributed by atoms with Crippen LogP contribution in [0, 0.1) is 0 Å². The van der Waals surface area contributed by atoms with Gasteiger partial charge in [0.2, 0.25) is 5.91 Å². The van der Waals surface area contributed by atoms with Crippen molar-refractivity contribution in [3.05, 3.63) is 47.9 Å². The first kappa shape index (κ1) is 17.9. The Morgan fingerprint density at radius 3 is 2.62 bits per heavy atom. The third-order valence-electron chi connectivity index (χ3n) is 3.71. The Balaban J connectivity index is 1.90. The standard InChI is InChI=1S/C18H24N2O4/c1-4-20(13-18(21)19-11-15-6-5-9-24-15)12-14-7-8-16(22-2)17(10-14)23-3/h5-10H,4,11-13H2,1-3H3,(H,19,21). The van der Waals surface area contributed by atoms with Gasteiger partial charge in [-0.3, -0.25) is 9.69 Å². The van der Waals surface area contributed by atoms with Crippen molar-refractivity contribution < 1.29 is 18.7 Å². The molecular formula is C18H24N2O4. The predicted octanol–water partition coefficient (Wildman–Crippen LogP) is 2.44. The van der Waals surface area contributed by atoms with Gasteiger partial charge in [0, 0.05) is 6.54 Å². The predicted molar refractivity (Wildman–Crippen MR) is 91.1 cm³/mol. The smallest absolute Gasteiger partial charge is 0.234 e. The normalized spacial score (nSPS) is 10.7. The zero-order valence-corrected chi connectivity index (χ0v) is 14.4. The molecule has 0 aliphatic carbocycles. The van der Waals surface area contributed by atoms with Crippen molar-refractivity contribution in [2.45, 2.75) is 20.0 Å². The average Bonchev–Trinajstić information content (AvgIpc) is 3.12. The highest BCUT2D eigenvalue weighted by Gasteiger charge is 2.12. The summed E-state index contributed by atoms with van der Waals surface area (Å²) in [6.07, 6.45) is 1.59. The van der Waals surface area contributed by atoms with Crippen molar-refractivity contribution in [1.82, 2.24) is 10.2 Å². The maximum atomic E-state index is 12.1. The molecule has 6 nitrogen and oxygen atoms in total. The van der Waals surface area contributed by atoms with Gasteiger partial charge in [-0.2, -0.15) is 0 Å². The molecule has 0 saturated carbocycles. The number of ether oxygens (including phenoxy) is 2. The van der Waals surface area contributed by atoms with Crippen LogP contribution in [0.2, 0.25) is 0 Å². The first-order valence-electron chi connectivity index (χ1n) is 7.88. The summed E-state index contributed by atoms with van der Waals surface area (Å²) in [6, 6.07) is 9.42. The molecule has 1 N–H and O–H groups in total. The first-order chi connectivity index (χ1) is 11.7. The van der Waals surface area contributed by atoms with Gasteiger partial charge in [-0.1, -0.05) is 13.0 Å². The van der Waals surface area contributed by atoms with Crippen LogP contribution in [-0.4, -0.2) is 38.1 Å². The van der Waals surface area contributed by atoms with Gasteiger partial charge in [-0.25, -0.2) is 0 Å². The highest BCUT2D eigenvalue weighted by atomic mass is 16.5. The highest BCUT2D eigenvalue weighted by molar-refractivity contribution is 5.77. The van der Waals surface area contributed by atoms with Crippen LogP contribution in [0.25, 0.3) is 0 Å². The molecule has 0 spiro atoms. The van der Waals surface area contributed by atoms with Crippen LogP contribution >= 0.6 is 0 Å². The molecular weight excluding hydrogens is 308 g/mol. The van der Waals surface area contributed by atoms with E-state index in [-0.39, 0.29) is 5.91 Å². The molecule has 24 heavy (non-hydrogen) atoms. The Morgan fingerprint density at radius 2 is 2.00 bits per heavy atom. The lowest BCUT2D eigenvalue weighted by atomic mass is 10.2. The van der Waals surface area contributed by atoms with Crippen molar-refractivity contribution in [2.24, 2.45) is 0 Å². The molecule has 1 amide bonds. The molecule has 2 rings (SSSR count). The fourth-order valence-electron chi connectivity index (χ4n) is 2.37. The Morgan fingerprint density at radius 1 is 1.21 bits per heavy atom. The number of furan rings is 1. The van der Waals surface area contributed by atoms with Crippen LogP contribution in [0.4, 0.5) is 0 Å². The molecule has 0 bridgehead atoms. The van der Waals surface area contributed by atoms with E-state index in [0.717, 1.165) is 17.9 Å². The maximum absolute atomic E-state index is 12.1. The van der Waals surface area contributed by atoms with Crippen molar-refractivity contribution in [1.29, 1.82) is 0 Å². The SMILES string of the molecule is CCN(CC(=O)NCc1ccco1)Cc1ccc(OC)c(OC)c1. The Kier molecular flexibility index (Phi) is 6.69. The summed E-state index contributed by atoms with van der Waals surface area (Å²) >= 11 is 0. The second-order valence-corrected chi connectivity index (χ2v) is 5.35. The van der Waals surface area contributed by atoms with Crippen molar-refractivity contribution in [3.63, 3.8) is 0 Å². The second kappa shape index (κ2) is 8.98. The molecule has 0 atom stereocenters. The topological polar surface area (TPSA) is 63.9 Å². The molecule has 0 saturated heterocycles. The quantitative estimate of drug-likeness (QED) is 0.764. The van der Waals surface area contributed by atoms with Crippen LogP contribution < -0.4 is 14.8 Å². The third-order valence-corrected chi connectivity index (χ3v) is 3.71. The third kappa shape index (κ3) is 5.03. The van der Waals surface area contributed by atoms with E-state index in [4.69, 9.17) is 13.9 Å². The lowest BCUT2D eigenvalue weighted by Crippen LogP contribution is -2.36. The summed E-state index contributed by atoms with van der Waals surface area (Å²) in [5.74, 6) is 2.09. The zero-order chi connectivity index (χ0) is 17.4. The Hall–Kier alpha value is -2.47. The van der Waals surface area contributed by atoms with Crippen LogP contribution in [0.5, 0.6) is 11.5 Å². The van der Waals surface area contributed by atoms with Crippen LogP contribution in [0.1, 0.15) is 18.2 Å². The minimum atomic E-state index is -0.0336. The Bertz CT molecular complexity index is 640. The van der Waals surface area contributed by atoms with Crippen LogP contribution in [0.15, 0.2) is 41.0 Å². The number of nitrogens with one attached hydrogen (secondary N) is 1. The number of hydrogen-bond donors (Lipinski definition) is 1. The lowest BCUT2D eigenvalue weighted by Gasteiger charge is -2.20. The van der Waals surface area contributed by atoms with Crippen LogP contribution in [0.3, 0.4) is 0 Å². The van der Waals surface area contributed by atoms with Gasteiger partial charge in [-0.05, 0) is 36.4 Å². The monoisotopic (exact) mass is 332 g/mol. The van der Waals surface area contributed by atoms with Gasteiger partial charge in [0.25, 0.3) is 0 Å². The number of likely N-dealkylation sites (N-methyl/N-ethyl adjacent to an activating group) is 1. The minimum absolute atomic E-state index is 0.0336. The van der Waals surface area contributed by atoms with Gasteiger partial charge < -0.3 is 19.2 Å². The van der Waals surface area contributed by atoms with E-state index in [0.29, 0.717) is 31.1 Å². The number of rotatable bonds is 9. The number of benzene rings is 1. The van der Waals surface area contributed by atoms with E-state index in [1.165, 1.54) is 0 Å². The van der Waals surface area contributed by atoms with E-state index >= 15 is 0 Å². The number of nitrogens with zero attached hydrogens (tertiary/aromatic N) is 1. The van der Waals surface area contributed by atoms with Gasteiger partial charge >= 0.3 is 0 Å². The van der Waals surface area contributed by atoms with Crippen molar-refractivity contribution in [3.8, 4) is 11.5 Å². The minimum Gasteiger partial charge on any atom is -0.493 e. The molecule has 1 aromatic carbocycles. The van der Waals surface area contributed by atoms with Crippen molar-refractivity contribution in [2.75, 3.05) is 27.3 Å². The van der Waals surface area contributed by atoms with E-state index in [9.17, 15) is 4.79 Å². The number of carbonyl (C=O) groups is 1. The molecule has 2 aromatic rings. The molecule has 1 heterocycles. The molecule has 6 heteroatoms. The molecule has 1 aromatic heterocycles. The zero-order valence-electron chi connectivity index (χ0n) is 14.4. The maximum Gasteiger partial charge on any atom is 0.234 e. The van der Waals surface area contributed by atoms with Crippen LogP contribution in [-0.2, 0) is 17.9 Å². The van der Waals surface area contributed by atoms with Crippen molar-refractivity contribution >= 4 is 5.91 Å². The number of hydrogen-bond acceptors (Lipinski definition) is 5. The summed E-state index contributed by atoms with van der Waals surface area (Å²) in [5.41, 5.74) is 1.06. The summed E-state index contributed by atoms with van der Waals surface area (Å²) in [6.45, 7) is 4.18. The number of carbonyl (C=O) groups excluding carboxylic acids is 1. The van der Waals surface area contributed by atoms with Gasteiger partial charge in [0.15, 0.2) is 11.5 Å². The van der Waals surface area contributed by atoms with E-state index in [2.05, 4.69) is 10.2 Å². The molecule has 0 radical (unpaired) electrons. The van der Waals surface area contributed by atoms with Gasteiger partial charge in [-0.15, -0.1) is 0 Å². The molecule has 0 aliphatic heterocycles. The van der Waals surface area contributed by atoms with E-state index < -0.39 is 0 Å². The second-order valence-electron chi connectivity index (χ2n) is 5.35. The summed E-state index contributed by atoms with van der Waals surface area (Å²) < 4.78 is 15.8. The van der Waals surface area contributed by atoms with E-state index in [1.807, 2.05) is 31.2 Å². The molecule has 0 fully saturated rings. The van der Waals surface area contributed by atoms with Gasteiger partial charge in [0.1, 0.15) is 5.76 Å². The summed E-state index contributed by atoms with van der Waals surface area (Å²) in [7, 11) is 3.22. The fraction of sp³-hybridized carbons (Fsp3) is 0.389. The average molecular weight is 332 g/mol.